The smallest absolute Gasteiger partial charge is 0.336 e. The van der Waals surface area contributed by atoms with Crippen molar-refractivity contribution in [2.75, 3.05) is 13.7 Å². The molecule has 0 radical (unpaired) electrons. The van der Waals surface area contributed by atoms with E-state index in [0.717, 1.165) is 10.1 Å². The van der Waals surface area contributed by atoms with Crippen LogP contribution in [0.2, 0.25) is 5.02 Å². The highest BCUT2D eigenvalue weighted by molar-refractivity contribution is 6.32. The van der Waals surface area contributed by atoms with Gasteiger partial charge in [0.05, 0.1) is 19.5 Å². The molecule has 0 spiro atoms. The average Bonchev–Trinajstić information content (AvgIpc) is 3.17. The van der Waals surface area contributed by atoms with E-state index in [9.17, 15) is 14.4 Å². The van der Waals surface area contributed by atoms with Crippen molar-refractivity contribution in [3.8, 4) is 0 Å². The molecule has 0 bridgehead atoms. The van der Waals surface area contributed by atoms with Crippen molar-refractivity contribution in [2.24, 2.45) is 5.92 Å². The summed E-state index contributed by atoms with van der Waals surface area (Å²) in [4.78, 5) is 43.5. The maximum Gasteiger partial charge on any atom is 0.336 e. The minimum absolute atomic E-state index is 0.108. The van der Waals surface area contributed by atoms with E-state index in [-0.39, 0.29) is 12.5 Å². The van der Waals surface area contributed by atoms with Crippen LogP contribution in [0.15, 0.2) is 43.3 Å². The normalized spacial score (nSPS) is 11.8. The first-order valence-corrected chi connectivity index (χ1v) is 11.0. The van der Waals surface area contributed by atoms with Gasteiger partial charge in [-0.3, -0.25) is 13.9 Å². The molecule has 0 saturated carbocycles. The number of aromatic nitrogens is 4. The zero-order chi connectivity index (χ0) is 23.9. The Kier molecular flexibility index (Phi) is 6.27. The molecule has 0 saturated heterocycles. The monoisotopic (exact) mass is 472 g/mol. The molecule has 0 aliphatic carbocycles. The van der Waals surface area contributed by atoms with Crippen molar-refractivity contribution in [1.82, 2.24) is 18.7 Å². The molecular weight excluding hydrogens is 448 g/mol. The molecule has 4 aromatic rings. The topological polar surface area (TPSA) is 101 Å². The van der Waals surface area contributed by atoms with E-state index in [1.165, 1.54) is 10.6 Å². The molecule has 33 heavy (non-hydrogen) atoms. The van der Waals surface area contributed by atoms with E-state index in [1.807, 2.05) is 13.8 Å². The Hall–Kier alpha value is -3.17. The molecule has 3 heterocycles. The quantitative estimate of drug-likeness (QED) is 0.383. The number of hydrogen-bond donors (Lipinski definition) is 0. The van der Waals surface area contributed by atoms with Crippen molar-refractivity contribution in [3.05, 3.63) is 71.9 Å². The maximum atomic E-state index is 13.5. The zero-order valence-electron chi connectivity index (χ0n) is 18.9. The second-order valence-electron chi connectivity index (χ2n) is 8.47. The number of halogens is 1. The van der Waals surface area contributed by atoms with Crippen LogP contribution in [-0.4, -0.2) is 32.4 Å². The van der Waals surface area contributed by atoms with Crippen molar-refractivity contribution in [1.29, 1.82) is 0 Å². The number of hydrogen-bond acceptors (Lipinski definition) is 6. The Morgan fingerprint density at radius 1 is 1.15 bits per heavy atom. The predicted octanol–water partition coefficient (Wildman–Crippen LogP) is 2.78. The van der Waals surface area contributed by atoms with Crippen molar-refractivity contribution in [2.45, 2.75) is 40.4 Å². The fraction of sp³-hybridized carbons (Fsp3) is 0.391. The van der Waals surface area contributed by atoms with Crippen LogP contribution in [0.25, 0.3) is 22.1 Å². The minimum atomic E-state index is -0.569. The average molecular weight is 473 g/mol. The van der Waals surface area contributed by atoms with Crippen LogP contribution in [0, 0.1) is 12.8 Å². The summed E-state index contributed by atoms with van der Waals surface area (Å²) in [5.41, 5.74) is 0.684. The van der Waals surface area contributed by atoms with Crippen molar-refractivity contribution in [3.63, 3.8) is 0 Å². The van der Waals surface area contributed by atoms with Gasteiger partial charge in [-0.2, -0.15) is 0 Å². The molecule has 4 rings (SSSR count). The lowest BCUT2D eigenvalue weighted by molar-refractivity contribution is 0.188. The van der Waals surface area contributed by atoms with E-state index < -0.39 is 16.9 Å². The Morgan fingerprint density at radius 3 is 2.61 bits per heavy atom. The third kappa shape index (κ3) is 4.26. The Bertz CT molecular complexity index is 1530. The number of fused-ring (bicyclic) bond motifs is 2. The van der Waals surface area contributed by atoms with E-state index in [0.29, 0.717) is 52.4 Å². The third-order valence-corrected chi connectivity index (χ3v) is 5.91. The summed E-state index contributed by atoms with van der Waals surface area (Å²) in [6, 6.07) is 4.65. The zero-order valence-corrected chi connectivity index (χ0v) is 19.7. The number of aryl methyl sites for hydroxylation is 1. The molecule has 10 heteroatoms. The molecule has 0 aliphatic rings. The first-order valence-electron chi connectivity index (χ1n) is 10.6. The number of rotatable bonds is 7. The number of ether oxygens (including phenoxy) is 1. The standard InChI is InChI=1S/C23H25ClN4O5/c1-13(2)10-27-21-20(26(12-25-21)5-6-32-4)22(30)28(23(27)31)11-15-8-19(29)33-18-7-14(3)17(24)9-16(15)18/h7-9,12-13H,5-6,10-11H2,1-4H3. The van der Waals surface area contributed by atoms with Crippen molar-refractivity contribution < 1.29 is 9.15 Å². The largest absolute Gasteiger partial charge is 0.423 e. The first kappa shape index (κ1) is 23.0. The summed E-state index contributed by atoms with van der Waals surface area (Å²) >= 11 is 6.30. The molecule has 9 nitrogen and oxygen atoms in total. The number of benzene rings is 1. The molecule has 3 aromatic heterocycles. The maximum absolute atomic E-state index is 13.5. The third-order valence-electron chi connectivity index (χ3n) is 5.51. The number of imidazole rings is 1. The highest BCUT2D eigenvalue weighted by atomic mass is 35.5. The summed E-state index contributed by atoms with van der Waals surface area (Å²) in [6.07, 6.45) is 1.54. The van der Waals surface area contributed by atoms with E-state index in [2.05, 4.69) is 4.98 Å². The van der Waals surface area contributed by atoms with Gasteiger partial charge in [-0.25, -0.2) is 14.6 Å². The Morgan fingerprint density at radius 2 is 1.91 bits per heavy atom. The predicted molar refractivity (Wildman–Crippen MR) is 126 cm³/mol. The lowest BCUT2D eigenvalue weighted by atomic mass is 10.1. The van der Waals surface area contributed by atoms with E-state index in [4.69, 9.17) is 20.8 Å². The van der Waals surface area contributed by atoms with Crippen LogP contribution in [0.5, 0.6) is 0 Å². The van der Waals surface area contributed by atoms with Gasteiger partial charge in [0.25, 0.3) is 5.56 Å². The molecule has 0 fully saturated rings. The summed E-state index contributed by atoms with van der Waals surface area (Å²) in [7, 11) is 1.57. The highest BCUT2D eigenvalue weighted by Gasteiger charge is 2.20. The molecular formula is C23H25ClN4O5. The summed E-state index contributed by atoms with van der Waals surface area (Å²) in [5, 5.41) is 1.06. The van der Waals surface area contributed by atoms with Gasteiger partial charge >= 0.3 is 11.3 Å². The van der Waals surface area contributed by atoms with Gasteiger partial charge in [-0.15, -0.1) is 0 Å². The van der Waals surface area contributed by atoms with Gasteiger partial charge in [0, 0.05) is 36.7 Å². The van der Waals surface area contributed by atoms with Gasteiger partial charge < -0.3 is 13.7 Å². The van der Waals surface area contributed by atoms with Crippen LogP contribution in [0.4, 0.5) is 0 Å². The highest BCUT2D eigenvalue weighted by Crippen LogP contribution is 2.25. The van der Waals surface area contributed by atoms with Crippen LogP contribution in [0.3, 0.4) is 0 Å². The van der Waals surface area contributed by atoms with Gasteiger partial charge in [0.1, 0.15) is 5.58 Å². The van der Waals surface area contributed by atoms with Gasteiger partial charge in [0.2, 0.25) is 0 Å². The molecule has 0 aliphatic heterocycles. The van der Waals surface area contributed by atoms with Gasteiger partial charge in [0.15, 0.2) is 11.2 Å². The first-order chi connectivity index (χ1) is 15.7. The van der Waals surface area contributed by atoms with Crippen LogP contribution < -0.4 is 16.9 Å². The molecule has 0 N–H and O–H groups in total. The van der Waals surface area contributed by atoms with Crippen LogP contribution in [-0.2, 0) is 24.4 Å². The fourth-order valence-corrected chi connectivity index (χ4v) is 4.08. The SMILES string of the molecule is COCCn1cnc2c1c(=O)n(Cc1cc(=O)oc3cc(C)c(Cl)cc13)c(=O)n2CC(C)C. The lowest BCUT2D eigenvalue weighted by Crippen LogP contribution is -2.41. The van der Waals surface area contributed by atoms with Gasteiger partial charge in [-0.05, 0) is 36.1 Å². The van der Waals surface area contributed by atoms with Crippen LogP contribution in [0.1, 0.15) is 25.0 Å². The number of methoxy groups -OCH3 is 1. The lowest BCUT2D eigenvalue weighted by Gasteiger charge is -2.15. The summed E-state index contributed by atoms with van der Waals surface area (Å²) in [6.45, 7) is 6.85. The Labute approximate surface area is 193 Å². The molecule has 0 atom stereocenters. The molecule has 174 valence electrons. The molecule has 0 amide bonds. The minimum Gasteiger partial charge on any atom is -0.423 e. The fourth-order valence-electron chi connectivity index (χ4n) is 3.92. The summed E-state index contributed by atoms with van der Waals surface area (Å²) in [5.74, 6) is 0.146. The Balaban J connectivity index is 1.98. The molecule has 1 aromatic carbocycles. The molecule has 0 unspecified atom stereocenters. The van der Waals surface area contributed by atoms with Crippen molar-refractivity contribution >= 4 is 33.7 Å². The second kappa shape index (κ2) is 8.99. The van der Waals surface area contributed by atoms with E-state index in [1.54, 1.807) is 37.1 Å². The second-order valence-corrected chi connectivity index (χ2v) is 8.88. The van der Waals surface area contributed by atoms with E-state index >= 15 is 0 Å². The number of nitrogens with zero attached hydrogens (tertiary/aromatic N) is 4. The summed E-state index contributed by atoms with van der Waals surface area (Å²) < 4.78 is 14.8. The van der Waals surface area contributed by atoms with Crippen LogP contribution >= 0.6 is 11.6 Å². The van der Waals surface area contributed by atoms with Gasteiger partial charge in [-0.1, -0.05) is 25.4 Å².